The van der Waals surface area contributed by atoms with Crippen molar-refractivity contribution in [3.8, 4) is 5.75 Å². The van der Waals surface area contributed by atoms with E-state index in [0.29, 0.717) is 5.02 Å². The van der Waals surface area contributed by atoms with Crippen LogP contribution in [0, 0.1) is 0 Å². The third-order valence-corrected chi connectivity index (χ3v) is 2.26. The Morgan fingerprint density at radius 3 is 2.79 bits per heavy atom. The molecule has 0 saturated heterocycles. The van der Waals surface area contributed by atoms with Gasteiger partial charge in [0.15, 0.2) is 0 Å². The second kappa shape index (κ2) is 5.71. The molecule has 0 radical (unpaired) electrons. The van der Waals surface area contributed by atoms with Crippen molar-refractivity contribution in [1.29, 1.82) is 0 Å². The molecular formula is C12H15ClO. The predicted octanol–water partition coefficient (Wildman–Crippen LogP) is 4.07. The van der Waals surface area contributed by atoms with Crippen molar-refractivity contribution in [2.75, 3.05) is 0 Å². The first-order valence-corrected chi connectivity index (χ1v) is 5.19. The molecule has 1 aromatic carbocycles. The van der Waals surface area contributed by atoms with Crippen molar-refractivity contribution in [3.05, 3.63) is 41.9 Å². The second-order valence-electron chi connectivity index (χ2n) is 3.11. The van der Waals surface area contributed by atoms with Crippen molar-refractivity contribution in [1.82, 2.24) is 0 Å². The van der Waals surface area contributed by atoms with E-state index >= 15 is 0 Å². The average molecular weight is 211 g/mol. The highest BCUT2D eigenvalue weighted by Crippen LogP contribution is 2.25. The monoisotopic (exact) mass is 210 g/mol. The van der Waals surface area contributed by atoms with Crippen LogP contribution in [0.3, 0.4) is 0 Å². The Morgan fingerprint density at radius 1 is 1.50 bits per heavy atom. The van der Waals surface area contributed by atoms with Gasteiger partial charge in [0.25, 0.3) is 0 Å². The first-order chi connectivity index (χ1) is 6.77. The van der Waals surface area contributed by atoms with Crippen molar-refractivity contribution < 1.29 is 4.74 Å². The largest absolute Gasteiger partial charge is 0.485 e. The minimum Gasteiger partial charge on any atom is -0.485 e. The zero-order chi connectivity index (χ0) is 10.4. The van der Waals surface area contributed by atoms with Gasteiger partial charge < -0.3 is 4.74 Å². The Kier molecular flexibility index (Phi) is 4.54. The van der Waals surface area contributed by atoms with Gasteiger partial charge in [0.1, 0.15) is 11.9 Å². The van der Waals surface area contributed by atoms with E-state index in [1.54, 1.807) is 0 Å². The number of hydrogen-bond donors (Lipinski definition) is 0. The number of halogens is 1. The molecule has 1 unspecified atom stereocenters. The van der Waals surface area contributed by atoms with Gasteiger partial charge in [-0.1, -0.05) is 49.7 Å². The van der Waals surface area contributed by atoms with E-state index < -0.39 is 0 Å². The number of ether oxygens (including phenoxy) is 1. The summed E-state index contributed by atoms with van der Waals surface area (Å²) in [6, 6.07) is 7.49. The van der Waals surface area contributed by atoms with E-state index in [4.69, 9.17) is 16.3 Å². The Balaban J connectivity index is 2.66. The van der Waals surface area contributed by atoms with Crippen molar-refractivity contribution in [2.24, 2.45) is 0 Å². The lowest BCUT2D eigenvalue weighted by Crippen LogP contribution is -2.12. The lowest BCUT2D eigenvalue weighted by molar-refractivity contribution is 0.238. The van der Waals surface area contributed by atoms with Gasteiger partial charge in [-0.15, -0.1) is 0 Å². The highest BCUT2D eigenvalue weighted by molar-refractivity contribution is 6.32. The molecule has 0 aromatic heterocycles. The van der Waals surface area contributed by atoms with Crippen LogP contribution in [0.1, 0.15) is 19.8 Å². The van der Waals surface area contributed by atoms with E-state index in [1.165, 1.54) is 0 Å². The molecule has 0 bridgehead atoms. The molecule has 0 aliphatic carbocycles. The van der Waals surface area contributed by atoms with Crippen LogP contribution in [0.2, 0.25) is 5.02 Å². The lowest BCUT2D eigenvalue weighted by atomic mass is 10.2. The van der Waals surface area contributed by atoms with Gasteiger partial charge in [-0.25, -0.2) is 0 Å². The van der Waals surface area contributed by atoms with Crippen LogP contribution in [0.4, 0.5) is 0 Å². The maximum absolute atomic E-state index is 5.97. The van der Waals surface area contributed by atoms with Crippen LogP contribution in [0.15, 0.2) is 36.9 Å². The Morgan fingerprint density at radius 2 is 2.21 bits per heavy atom. The van der Waals surface area contributed by atoms with Crippen LogP contribution in [0.5, 0.6) is 5.75 Å². The maximum Gasteiger partial charge on any atom is 0.138 e. The topological polar surface area (TPSA) is 9.23 Å². The Labute approximate surface area is 90.3 Å². The molecule has 1 rings (SSSR count). The summed E-state index contributed by atoms with van der Waals surface area (Å²) in [6.07, 6.45) is 3.91. The molecule has 0 N–H and O–H groups in total. The van der Waals surface area contributed by atoms with Crippen molar-refractivity contribution in [2.45, 2.75) is 25.9 Å². The van der Waals surface area contributed by atoms with Crippen LogP contribution >= 0.6 is 11.6 Å². The summed E-state index contributed by atoms with van der Waals surface area (Å²) >= 11 is 5.97. The summed E-state index contributed by atoms with van der Waals surface area (Å²) in [5.41, 5.74) is 0. The molecule has 1 nitrogen and oxygen atoms in total. The number of rotatable bonds is 5. The zero-order valence-corrected chi connectivity index (χ0v) is 9.13. The van der Waals surface area contributed by atoms with Gasteiger partial charge in [-0.2, -0.15) is 0 Å². The fraction of sp³-hybridized carbons (Fsp3) is 0.333. The van der Waals surface area contributed by atoms with E-state index in [9.17, 15) is 0 Å². The first kappa shape index (κ1) is 11.1. The van der Waals surface area contributed by atoms with Crippen molar-refractivity contribution in [3.63, 3.8) is 0 Å². The lowest BCUT2D eigenvalue weighted by Gasteiger charge is -2.15. The van der Waals surface area contributed by atoms with Gasteiger partial charge in [0, 0.05) is 0 Å². The molecule has 0 heterocycles. The van der Waals surface area contributed by atoms with E-state index in [0.717, 1.165) is 18.6 Å². The quantitative estimate of drug-likeness (QED) is 0.666. The molecule has 0 fully saturated rings. The normalized spacial score (nSPS) is 12.1. The summed E-state index contributed by atoms with van der Waals surface area (Å²) in [4.78, 5) is 0. The molecular weight excluding hydrogens is 196 g/mol. The summed E-state index contributed by atoms with van der Waals surface area (Å²) in [6.45, 7) is 5.85. The van der Waals surface area contributed by atoms with Gasteiger partial charge in [0.2, 0.25) is 0 Å². The number of benzene rings is 1. The van der Waals surface area contributed by atoms with Crippen LogP contribution < -0.4 is 4.74 Å². The first-order valence-electron chi connectivity index (χ1n) is 4.81. The predicted molar refractivity (Wildman–Crippen MR) is 61.0 cm³/mol. The van der Waals surface area contributed by atoms with E-state index in [2.05, 4.69) is 13.5 Å². The third kappa shape index (κ3) is 3.08. The molecule has 0 amide bonds. The molecule has 2 heteroatoms. The van der Waals surface area contributed by atoms with Gasteiger partial charge in [-0.05, 0) is 18.6 Å². The molecule has 14 heavy (non-hydrogen) atoms. The van der Waals surface area contributed by atoms with E-state index in [-0.39, 0.29) is 6.10 Å². The third-order valence-electron chi connectivity index (χ3n) is 1.95. The zero-order valence-electron chi connectivity index (χ0n) is 8.37. The fourth-order valence-corrected chi connectivity index (χ4v) is 1.39. The molecule has 1 aromatic rings. The molecule has 0 aliphatic rings. The summed E-state index contributed by atoms with van der Waals surface area (Å²) in [5, 5.41) is 0.649. The van der Waals surface area contributed by atoms with Gasteiger partial charge in [-0.3, -0.25) is 0 Å². The standard InChI is InChI=1S/C12H15ClO/c1-3-7-10(4-2)14-12-9-6-5-8-11(12)13/h4-6,8-10H,2-3,7H2,1H3. The highest BCUT2D eigenvalue weighted by Gasteiger charge is 2.06. The average Bonchev–Trinajstić information content (AvgIpc) is 2.20. The minimum atomic E-state index is 0.0555. The van der Waals surface area contributed by atoms with Gasteiger partial charge in [0.05, 0.1) is 5.02 Å². The van der Waals surface area contributed by atoms with Crippen LogP contribution in [-0.4, -0.2) is 6.10 Å². The maximum atomic E-state index is 5.97. The molecule has 1 atom stereocenters. The Bertz CT molecular complexity index is 296. The summed E-state index contributed by atoms with van der Waals surface area (Å²) in [7, 11) is 0. The molecule has 0 aliphatic heterocycles. The van der Waals surface area contributed by atoms with Crippen molar-refractivity contribution >= 4 is 11.6 Å². The number of hydrogen-bond acceptors (Lipinski definition) is 1. The fourth-order valence-electron chi connectivity index (χ4n) is 1.21. The smallest absolute Gasteiger partial charge is 0.138 e. The SMILES string of the molecule is C=CC(CCC)Oc1ccccc1Cl. The Hall–Kier alpha value is -0.950. The number of para-hydroxylation sites is 1. The molecule has 0 spiro atoms. The van der Waals surface area contributed by atoms with E-state index in [1.807, 2.05) is 30.3 Å². The second-order valence-corrected chi connectivity index (χ2v) is 3.52. The minimum absolute atomic E-state index is 0.0555. The molecule has 0 saturated carbocycles. The molecule has 76 valence electrons. The highest BCUT2D eigenvalue weighted by atomic mass is 35.5. The summed E-state index contributed by atoms with van der Waals surface area (Å²) < 4.78 is 5.68. The summed E-state index contributed by atoms with van der Waals surface area (Å²) in [5.74, 6) is 0.729. The van der Waals surface area contributed by atoms with Crippen LogP contribution in [0.25, 0.3) is 0 Å². The van der Waals surface area contributed by atoms with Gasteiger partial charge >= 0.3 is 0 Å². The van der Waals surface area contributed by atoms with Crippen LogP contribution in [-0.2, 0) is 0 Å².